The monoisotopic (exact) mass is 976 g/mol. The molecule has 0 aliphatic carbocycles. The second-order valence-electron chi connectivity index (χ2n) is 20.0. The van der Waals surface area contributed by atoms with Gasteiger partial charge in [-0.2, -0.15) is 0 Å². The maximum atomic E-state index is 14.7. The molecule has 0 bridgehead atoms. The summed E-state index contributed by atoms with van der Waals surface area (Å²) in [5.74, 6) is -7.50. The third-order valence-corrected chi connectivity index (χ3v) is 12.2. The molecule has 8 unspecified atom stereocenters. The molecule has 1 heterocycles. The van der Waals surface area contributed by atoms with Crippen LogP contribution in [0.4, 0.5) is 5.69 Å². The minimum atomic E-state index is -1.57. The third kappa shape index (κ3) is 16.4. The highest BCUT2D eigenvalue weighted by molar-refractivity contribution is 5.94. The van der Waals surface area contributed by atoms with Crippen molar-refractivity contribution in [1.29, 1.82) is 5.39 Å². The predicted octanol–water partition coefficient (Wildman–Crippen LogP) is 6.15. The lowest BCUT2D eigenvalue weighted by atomic mass is 10.00. The minimum Gasteiger partial charge on any atom is -0.451 e. The molecule has 384 valence electrons. The van der Waals surface area contributed by atoms with Crippen LogP contribution in [0, 0.1) is 29.1 Å². The van der Waals surface area contributed by atoms with E-state index in [1.54, 1.807) is 42.5 Å². The first-order valence-corrected chi connectivity index (χ1v) is 24.1. The Bertz CT molecular complexity index is 2160. The molecule has 0 aromatic heterocycles. The number of esters is 4. The van der Waals surface area contributed by atoms with Crippen LogP contribution in [0.15, 0.2) is 54.6 Å². The van der Waals surface area contributed by atoms with Crippen molar-refractivity contribution in [2.45, 2.75) is 156 Å². The van der Waals surface area contributed by atoms with Crippen LogP contribution in [0.1, 0.15) is 106 Å². The number of diazo groups is 1. The number of benzene rings is 2. The molecule has 18 nitrogen and oxygen atoms in total. The first-order valence-electron chi connectivity index (χ1n) is 24.1. The molecule has 70 heavy (non-hydrogen) atoms. The summed E-state index contributed by atoms with van der Waals surface area (Å²) in [5.41, 5.74) is 1.36. The van der Waals surface area contributed by atoms with Crippen LogP contribution in [-0.2, 0) is 70.1 Å². The molecule has 18 heteroatoms. The molecule has 1 saturated heterocycles. The summed E-state index contributed by atoms with van der Waals surface area (Å²) in [7, 11) is 5.47. The largest absolute Gasteiger partial charge is 0.451 e. The van der Waals surface area contributed by atoms with Gasteiger partial charge in [-0.05, 0) is 74.3 Å². The molecule has 4 amide bonds. The van der Waals surface area contributed by atoms with Crippen LogP contribution in [0.5, 0.6) is 0 Å². The van der Waals surface area contributed by atoms with Gasteiger partial charge >= 0.3 is 29.6 Å². The van der Waals surface area contributed by atoms with Gasteiger partial charge in [0.2, 0.25) is 5.39 Å². The van der Waals surface area contributed by atoms with Gasteiger partial charge in [-0.25, -0.2) is 19.2 Å². The average molecular weight is 976 g/mol. The van der Waals surface area contributed by atoms with Crippen molar-refractivity contribution in [3.8, 4) is 0 Å². The Morgan fingerprint density at radius 3 is 1.03 bits per heavy atom. The average Bonchev–Trinajstić information content (AvgIpc) is 3.30. The van der Waals surface area contributed by atoms with Crippen molar-refractivity contribution >= 4 is 53.2 Å². The zero-order valence-corrected chi connectivity index (χ0v) is 43.4. The van der Waals surface area contributed by atoms with Gasteiger partial charge in [-0.3, -0.25) is 19.2 Å². The molecule has 0 N–H and O–H groups in total. The Labute approximate surface area is 413 Å². The van der Waals surface area contributed by atoms with E-state index in [2.05, 4.69) is 4.98 Å². The lowest BCUT2D eigenvalue weighted by Gasteiger charge is -2.35. The van der Waals surface area contributed by atoms with Crippen LogP contribution in [-0.4, -0.2) is 144 Å². The molecular weight excluding hydrogens is 901 g/mol. The number of carbonyl (C=O) groups is 8. The van der Waals surface area contributed by atoms with Crippen molar-refractivity contribution in [2.75, 3.05) is 28.2 Å². The molecule has 1 aliphatic heterocycles. The molecule has 1 fully saturated rings. The maximum Gasteiger partial charge on any atom is 0.385 e. The fourth-order valence-corrected chi connectivity index (χ4v) is 8.22. The number of nitrogens with zero attached hydrogens (tertiary/aromatic N) is 6. The smallest absolute Gasteiger partial charge is 0.385 e. The van der Waals surface area contributed by atoms with Gasteiger partial charge in [-0.15, -0.1) is 0 Å². The molecule has 0 saturated carbocycles. The van der Waals surface area contributed by atoms with Gasteiger partial charge in [0, 0.05) is 53.2 Å². The summed E-state index contributed by atoms with van der Waals surface area (Å²) < 4.78 is 23.7. The van der Waals surface area contributed by atoms with Gasteiger partial charge in [0.1, 0.15) is 24.2 Å². The molecule has 8 atom stereocenters. The van der Waals surface area contributed by atoms with Crippen LogP contribution in [0.2, 0.25) is 0 Å². The zero-order chi connectivity index (χ0) is 52.7. The van der Waals surface area contributed by atoms with E-state index in [1.807, 2.05) is 55.4 Å². The predicted molar refractivity (Wildman–Crippen MR) is 260 cm³/mol. The molecule has 0 spiro atoms. The topological polar surface area (TPSA) is 215 Å². The van der Waals surface area contributed by atoms with E-state index in [1.165, 1.54) is 54.2 Å². The van der Waals surface area contributed by atoms with Crippen LogP contribution in [0.25, 0.3) is 4.98 Å². The lowest BCUT2D eigenvalue weighted by molar-refractivity contribution is -0.176. The van der Waals surface area contributed by atoms with Gasteiger partial charge in [0.15, 0.2) is 29.4 Å². The van der Waals surface area contributed by atoms with E-state index >= 15 is 0 Å². The Morgan fingerprint density at radius 1 is 0.443 bits per heavy atom. The summed E-state index contributed by atoms with van der Waals surface area (Å²) in [6.07, 6.45) is -5.98. The lowest BCUT2D eigenvalue weighted by Crippen LogP contribution is -2.55. The summed E-state index contributed by atoms with van der Waals surface area (Å²) in [6.45, 7) is 17.4. The highest BCUT2D eigenvalue weighted by Crippen LogP contribution is 2.24. The van der Waals surface area contributed by atoms with Crippen LogP contribution < -0.4 is 0 Å². The number of cyclic esters (lactones) is 4. The number of likely N-dealkylation sites (N-methyl/N-ethyl adjacent to an activating group) is 4. The van der Waals surface area contributed by atoms with Crippen LogP contribution in [0.3, 0.4) is 0 Å². The molecule has 2 aromatic carbocycles. The zero-order valence-electron chi connectivity index (χ0n) is 43.4. The van der Waals surface area contributed by atoms with Crippen molar-refractivity contribution < 1.29 is 57.3 Å². The van der Waals surface area contributed by atoms with E-state index in [0.717, 1.165) is 19.6 Å². The van der Waals surface area contributed by atoms with Crippen molar-refractivity contribution in [1.82, 2.24) is 19.6 Å². The number of ether oxygens (including phenoxy) is 4. The third-order valence-electron chi connectivity index (χ3n) is 12.2. The summed E-state index contributed by atoms with van der Waals surface area (Å²) in [5, 5.41) is 9.30. The number of carbonyl (C=O) groups excluding carboxylic acids is 8. The van der Waals surface area contributed by atoms with Gasteiger partial charge in [0.05, 0.1) is 0 Å². The number of hydrogen-bond donors (Lipinski definition) is 0. The summed E-state index contributed by atoms with van der Waals surface area (Å²) >= 11 is 0. The summed E-state index contributed by atoms with van der Waals surface area (Å²) in [6, 6.07) is 9.84. The van der Waals surface area contributed by atoms with Crippen molar-refractivity contribution in [3.63, 3.8) is 0 Å². The molecule has 2 aromatic rings. The Kier molecular flexibility index (Phi) is 22.0. The molecule has 0 radical (unpaired) electrons. The standard InChI is InChI=1S/C52H75N6O12/c1-30(2)24-39-49(63)67-35(10)46(60)56(12)42(27-33(7)8)52(66)70-44(29-37-20-22-38(54-53)23-21-37)48(62)58(14)40(25-31(3)4)50(64)68-34(9)45(59)55(11)41(26-32(5)6)51(65)69-43(47(61)57(39)13)28-36-18-16-15-17-19-36/h15-23,30-35,39-44H,24-29H2,1-14H3/q+1. The first kappa shape index (κ1) is 57.9. The normalized spacial score (nSPS) is 24.7. The highest BCUT2D eigenvalue weighted by Gasteiger charge is 2.43. The molecule has 1 aliphatic rings. The Morgan fingerprint density at radius 2 is 0.729 bits per heavy atom. The fraction of sp³-hybridized carbons (Fsp3) is 0.615. The first-order chi connectivity index (χ1) is 32.8. The number of amides is 4. The quantitative estimate of drug-likeness (QED) is 0.133. The molecule has 3 rings (SSSR count). The van der Waals surface area contributed by atoms with E-state index in [4.69, 9.17) is 18.9 Å². The highest BCUT2D eigenvalue weighted by atomic mass is 16.6. The fourth-order valence-electron chi connectivity index (χ4n) is 8.22. The molecular formula is C52H75N6O12+. The Hall–Kier alpha value is -6.38. The van der Waals surface area contributed by atoms with Crippen molar-refractivity contribution in [2.24, 2.45) is 23.7 Å². The van der Waals surface area contributed by atoms with Gasteiger partial charge in [0.25, 0.3) is 23.6 Å². The second kappa shape index (κ2) is 26.6. The SMILES string of the molecule is CC(C)CC1C(=O)OC(Cc2ccc([N+]#N)cc2)C(=O)N(C)C(CC(C)C)C(=O)OC(C)C(=O)N(C)C(CC(C)C)C(=O)OC(Cc2ccccc2)C(=O)N(C)C(CC(C)C)C(=O)OC(C)C(=O)N1C. The summed E-state index contributed by atoms with van der Waals surface area (Å²) in [4.78, 5) is 123. The number of rotatable bonds is 12. The van der Waals surface area contributed by atoms with E-state index in [0.29, 0.717) is 11.1 Å². The van der Waals surface area contributed by atoms with E-state index in [9.17, 15) is 43.7 Å². The minimum absolute atomic E-state index is 0.0701. The Balaban J connectivity index is 2.26. The van der Waals surface area contributed by atoms with E-state index < -0.39 is 96.1 Å². The van der Waals surface area contributed by atoms with Gasteiger partial charge in [-0.1, -0.05) is 97.9 Å². The van der Waals surface area contributed by atoms with Gasteiger partial charge < -0.3 is 38.5 Å². The van der Waals surface area contributed by atoms with E-state index in [-0.39, 0.29) is 67.9 Å². The number of hydrogen-bond acceptors (Lipinski definition) is 13. The van der Waals surface area contributed by atoms with Crippen LogP contribution >= 0.6 is 0 Å². The second-order valence-corrected chi connectivity index (χ2v) is 20.0. The van der Waals surface area contributed by atoms with Crippen molar-refractivity contribution in [3.05, 3.63) is 70.7 Å². The maximum absolute atomic E-state index is 14.7.